The van der Waals surface area contributed by atoms with Crippen molar-refractivity contribution in [3.63, 3.8) is 0 Å². The first-order valence-corrected chi connectivity index (χ1v) is 7.12. The molecule has 2 N–H and O–H groups in total. The summed E-state index contributed by atoms with van der Waals surface area (Å²) in [6.07, 6.45) is 9.23. The largest absolute Gasteiger partial charge is 0.478 e. The van der Waals surface area contributed by atoms with Crippen molar-refractivity contribution < 1.29 is 9.90 Å². The van der Waals surface area contributed by atoms with Gasteiger partial charge in [-0.2, -0.15) is 0 Å². The van der Waals surface area contributed by atoms with Crippen LogP contribution < -0.4 is 0 Å². The summed E-state index contributed by atoms with van der Waals surface area (Å²) in [5.74, 6) is -0.493. The lowest BCUT2D eigenvalue weighted by Crippen LogP contribution is -2.09. The molecule has 0 radical (unpaired) electrons. The number of hydrogen-bond donors (Lipinski definition) is 2. The first-order chi connectivity index (χ1) is 9.75. The predicted molar refractivity (Wildman–Crippen MR) is 84.1 cm³/mol. The normalized spacial score (nSPS) is 15.4. The summed E-state index contributed by atoms with van der Waals surface area (Å²) in [7, 11) is 0. The molecule has 0 atom stereocenters. The van der Waals surface area contributed by atoms with Crippen LogP contribution in [0, 0.1) is 0 Å². The third kappa shape index (κ3) is 3.27. The number of pyridine rings is 1. The highest BCUT2D eigenvalue weighted by Crippen LogP contribution is 2.35. The molecule has 0 spiro atoms. The maximum Gasteiger partial charge on any atom is 0.337 e. The highest BCUT2D eigenvalue weighted by molar-refractivity contribution is 5.91. The van der Waals surface area contributed by atoms with Gasteiger partial charge in [-0.25, -0.2) is 4.79 Å². The van der Waals surface area contributed by atoms with Crippen molar-refractivity contribution in [3.05, 3.63) is 41.9 Å². The summed E-state index contributed by atoms with van der Waals surface area (Å²) < 4.78 is 0. The van der Waals surface area contributed by atoms with Crippen LogP contribution in [0.3, 0.4) is 0 Å². The number of H-pyrrole nitrogens is 1. The lowest BCUT2D eigenvalue weighted by Gasteiger charge is -2.21. The summed E-state index contributed by atoms with van der Waals surface area (Å²) in [6, 6.07) is 5.53. The minimum absolute atomic E-state index is 0. The Labute approximate surface area is 130 Å². The van der Waals surface area contributed by atoms with E-state index < -0.39 is 5.97 Å². The molecule has 0 aliphatic heterocycles. The third-order valence-corrected chi connectivity index (χ3v) is 4.08. The Morgan fingerprint density at radius 1 is 1.19 bits per heavy atom. The Kier molecular flexibility index (Phi) is 5.02. The average molecular weight is 307 g/mol. The number of aromatic carboxylic acids is 1. The average Bonchev–Trinajstić information content (AvgIpc) is 2.94. The van der Waals surface area contributed by atoms with Gasteiger partial charge in [0.15, 0.2) is 0 Å². The van der Waals surface area contributed by atoms with Gasteiger partial charge in [-0.05, 0) is 37.0 Å². The number of aromatic amines is 1. The molecule has 21 heavy (non-hydrogen) atoms. The second-order valence-electron chi connectivity index (χ2n) is 5.39. The highest BCUT2D eigenvalue weighted by atomic mass is 35.5. The van der Waals surface area contributed by atoms with Crippen molar-refractivity contribution in [2.24, 2.45) is 0 Å². The zero-order valence-corrected chi connectivity index (χ0v) is 12.5. The standard InChI is InChI=1S/C16H18N2O2.ClH/c19-16(20)13-10-14(11-6-8-17-9-7-11)18-15(13)12-4-2-1-3-5-12;/h6-10,12,18H,1-5H2,(H,19,20);1H. The van der Waals surface area contributed by atoms with E-state index in [1.54, 1.807) is 18.5 Å². The van der Waals surface area contributed by atoms with E-state index in [0.717, 1.165) is 29.8 Å². The zero-order chi connectivity index (χ0) is 13.9. The Morgan fingerprint density at radius 3 is 2.48 bits per heavy atom. The summed E-state index contributed by atoms with van der Waals surface area (Å²) in [5, 5.41) is 9.42. The molecule has 1 saturated carbocycles. The molecule has 0 amide bonds. The van der Waals surface area contributed by atoms with Crippen LogP contribution in [0.1, 0.15) is 54.1 Å². The van der Waals surface area contributed by atoms with Crippen LogP contribution >= 0.6 is 12.4 Å². The Bertz CT molecular complexity index is 604. The molecule has 1 fully saturated rings. The lowest BCUT2D eigenvalue weighted by molar-refractivity contribution is 0.0695. The van der Waals surface area contributed by atoms with Gasteiger partial charge in [0, 0.05) is 29.3 Å². The summed E-state index contributed by atoms with van der Waals surface area (Å²) in [5.41, 5.74) is 3.16. The Hall–Kier alpha value is -1.81. The second kappa shape index (κ2) is 6.76. The molecular formula is C16H19ClN2O2. The van der Waals surface area contributed by atoms with Crippen molar-refractivity contribution in [2.45, 2.75) is 38.0 Å². The number of nitrogens with one attached hydrogen (secondary N) is 1. The van der Waals surface area contributed by atoms with Crippen LogP contribution in [0.15, 0.2) is 30.6 Å². The van der Waals surface area contributed by atoms with Gasteiger partial charge in [0.1, 0.15) is 0 Å². The number of halogens is 1. The number of carboxylic acid groups (broad SMARTS) is 1. The first kappa shape index (κ1) is 15.6. The van der Waals surface area contributed by atoms with Gasteiger partial charge < -0.3 is 10.1 Å². The fourth-order valence-corrected chi connectivity index (χ4v) is 3.05. The molecule has 1 aliphatic carbocycles. The third-order valence-electron chi connectivity index (χ3n) is 4.08. The first-order valence-electron chi connectivity index (χ1n) is 7.12. The second-order valence-corrected chi connectivity index (χ2v) is 5.39. The molecule has 5 heteroatoms. The number of hydrogen-bond acceptors (Lipinski definition) is 2. The number of rotatable bonds is 3. The lowest BCUT2D eigenvalue weighted by atomic mass is 9.85. The van der Waals surface area contributed by atoms with Gasteiger partial charge in [0.25, 0.3) is 0 Å². The van der Waals surface area contributed by atoms with Crippen molar-refractivity contribution in [2.75, 3.05) is 0 Å². The maximum atomic E-state index is 11.5. The summed E-state index contributed by atoms with van der Waals surface area (Å²) >= 11 is 0. The molecule has 112 valence electrons. The van der Waals surface area contributed by atoms with Crippen molar-refractivity contribution in [3.8, 4) is 11.3 Å². The van der Waals surface area contributed by atoms with Crippen LogP contribution in [-0.4, -0.2) is 21.0 Å². The van der Waals surface area contributed by atoms with E-state index >= 15 is 0 Å². The summed E-state index contributed by atoms with van der Waals surface area (Å²) in [4.78, 5) is 18.8. The van der Waals surface area contributed by atoms with Crippen molar-refractivity contribution in [1.29, 1.82) is 0 Å². The van der Waals surface area contributed by atoms with E-state index in [1.165, 1.54) is 19.3 Å². The molecule has 2 aromatic rings. The minimum atomic E-state index is -0.845. The van der Waals surface area contributed by atoms with E-state index in [4.69, 9.17) is 0 Å². The fraction of sp³-hybridized carbons (Fsp3) is 0.375. The van der Waals surface area contributed by atoms with E-state index in [9.17, 15) is 9.90 Å². The summed E-state index contributed by atoms with van der Waals surface area (Å²) in [6.45, 7) is 0. The van der Waals surface area contributed by atoms with Gasteiger partial charge in [-0.3, -0.25) is 4.98 Å². The molecule has 3 rings (SSSR count). The topological polar surface area (TPSA) is 66.0 Å². The van der Waals surface area contributed by atoms with Gasteiger partial charge in [-0.15, -0.1) is 12.4 Å². The van der Waals surface area contributed by atoms with E-state index in [0.29, 0.717) is 11.5 Å². The van der Waals surface area contributed by atoms with Crippen LogP contribution in [-0.2, 0) is 0 Å². The Morgan fingerprint density at radius 2 is 1.86 bits per heavy atom. The number of nitrogens with zero attached hydrogens (tertiary/aromatic N) is 1. The predicted octanol–water partition coefficient (Wildman–Crippen LogP) is 4.24. The molecule has 2 heterocycles. The van der Waals surface area contributed by atoms with Crippen molar-refractivity contribution in [1.82, 2.24) is 9.97 Å². The van der Waals surface area contributed by atoms with Gasteiger partial charge in [-0.1, -0.05) is 19.3 Å². The van der Waals surface area contributed by atoms with E-state index in [1.807, 2.05) is 12.1 Å². The van der Waals surface area contributed by atoms with Crippen LogP contribution in [0.4, 0.5) is 0 Å². The molecule has 0 unspecified atom stereocenters. The number of carboxylic acids is 1. The highest BCUT2D eigenvalue weighted by Gasteiger charge is 2.24. The Balaban J connectivity index is 0.00000161. The molecule has 0 aromatic carbocycles. The monoisotopic (exact) mass is 306 g/mol. The van der Waals surface area contributed by atoms with Gasteiger partial charge >= 0.3 is 5.97 Å². The molecular weight excluding hydrogens is 288 g/mol. The van der Waals surface area contributed by atoms with Crippen LogP contribution in [0.25, 0.3) is 11.3 Å². The van der Waals surface area contributed by atoms with Gasteiger partial charge in [0.2, 0.25) is 0 Å². The minimum Gasteiger partial charge on any atom is -0.478 e. The maximum absolute atomic E-state index is 11.5. The molecule has 1 aliphatic rings. The van der Waals surface area contributed by atoms with Crippen LogP contribution in [0.2, 0.25) is 0 Å². The zero-order valence-electron chi connectivity index (χ0n) is 11.7. The van der Waals surface area contributed by atoms with Gasteiger partial charge in [0.05, 0.1) is 5.56 Å². The van der Waals surface area contributed by atoms with Crippen LogP contribution in [0.5, 0.6) is 0 Å². The fourth-order valence-electron chi connectivity index (χ4n) is 3.05. The smallest absolute Gasteiger partial charge is 0.337 e. The van der Waals surface area contributed by atoms with E-state index in [2.05, 4.69) is 9.97 Å². The molecule has 0 saturated heterocycles. The van der Waals surface area contributed by atoms with Crippen molar-refractivity contribution >= 4 is 18.4 Å². The molecule has 4 nitrogen and oxygen atoms in total. The number of aromatic nitrogens is 2. The SMILES string of the molecule is Cl.O=C(O)c1cc(-c2ccncc2)[nH]c1C1CCCCC1. The van der Waals surface area contributed by atoms with E-state index in [-0.39, 0.29) is 12.4 Å². The molecule has 2 aromatic heterocycles. The molecule has 0 bridgehead atoms. The number of carbonyl (C=O) groups is 1. The quantitative estimate of drug-likeness (QED) is 0.891.